The van der Waals surface area contributed by atoms with Crippen molar-refractivity contribution in [3.63, 3.8) is 0 Å². The molecule has 5 nitrogen and oxygen atoms in total. The molecule has 0 aromatic carbocycles. The molecule has 1 heterocycles. The normalized spacial score (nSPS) is 38.9. The SMILES string of the molecule is COCCC(N)c1nc(C23CC4CC(CC(C4)C2)C3)no1. The van der Waals surface area contributed by atoms with Gasteiger partial charge in [-0.05, 0) is 62.7 Å². The van der Waals surface area contributed by atoms with Gasteiger partial charge in [0.2, 0.25) is 5.89 Å². The highest BCUT2D eigenvalue weighted by Gasteiger charge is 2.53. The molecule has 1 aromatic rings. The summed E-state index contributed by atoms with van der Waals surface area (Å²) in [6.07, 6.45) is 8.77. The lowest BCUT2D eigenvalue weighted by molar-refractivity contribution is -0.0103. The van der Waals surface area contributed by atoms with Crippen LogP contribution in [0.3, 0.4) is 0 Å². The third-order valence-corrected chi connectivity index (χ3v) is 5.90. The van der Waals surface area contributed by atoms with Crippen LogP contribution in [0.15, 0.2) is 4.52 Å². The predicted molar refractivity (Wildman–Crippen MR) is 77.6 cm³/mol. The van der Waals surface area contributed by atoms with E-state index in [0.717, 1.165) is 30.0 Å². The quantitative estimate of drug-likeness (QED) is 0.902. The van der Waals surface area contributed by atoms with E-state index in [1.807, 2.05) is 0 Å². The molecule has 0 spiro atoms. The van der Waals surface area contributed by atoms with Crippen molar-refractivity contribution in [1.82, 2.24) is 10.1 Å². The summed E-state index contributed by atoms with van der Waals surface area (Å²) in [5.41, 5.74) is 6.30. The van der Waals surface area contributed by atoms with Crippen molar-refractivity contribution in [2.45, 2.75) is 56.4 Å². The zero-order valence-electron chi connectivity index (χ0n) is 12.8. The maximum absolute atomic E-state index is 6.11. The number of hydrogen-bond acceptors (Lipinski definition) is 5. The summed E-state index contributed by atoms with van der Waals surface area (Å²) in [5, 5.41) is 4.33. The maximum Gasteiger partial charge on any atom is 0.243 e. The summed E-state index contributed by atoms with van der Waals surface area (Å²) in [5.74, 6) is 4.18. The Bertz CT molecular complexity index is 478. The van der Waals surface area contributed by atoms with Crippen LogP contribution < -0.4 is 5.73 Å². The number of ether oxygens (including phenoxy) is 1. The number of methoxy groups -OCH3 is 1. The number of nitrogens with zero attached hydrogens (tertiary/aromatic N) is 2. The molecule has 0 radical (unpaired) electrons. The summed E-state index contributed by atoms with van der Waals surface area (Å²) in [7, 11) is 1.68. The minimum atomic E-state index is -0.208. The highest BCUT2D eigenvalue weighted by Crippen LogP contribution is 2.60. The van der Waals surface area contributed by atoms with Crippen molar-refractivity contribution in [2.24, 2.45) is 23.5 Å². The third-order valence-electron chi connectivity index (χ3n) is 5.90. The van der Waals surface area contributed by atoms with Crippen molar-refractivity contribution in [3.05, 3.63) is 11.7 Å². The second-order valence-corrected chi connectivity index (χ2v) is 7.54. The van der Waals surface area contributed by atoms with E-state index in [4.69, 9.17) is 20.0 Å². The molecule has 4 fully saturated rings. The fraction of sp³-hybridized carbons (Fsp3) is 0.875. The average Bonchev–Trinajstić information content (AvgIpc) is 2.94. The van der Waals surface area contributed by atoms with E-state index in [1.54, 1.807) is 7.11 Å². The molecule has 5 heteroatoms. The second kappa shape index (κ2) is 5.06. The lowest BCUT2D eigenvalue weighted by Crippen LogP contribution is -2.49. The average molecular weight is 291 g/mol. The molecule has 116 valence electrons. The summed E-state index contributed by atoms with van der Waals surface area (Å²) in [6.45, 7) is 0.621. The van der Waals surface area contributed by atoms with Crippen LogP contribution in [0.4, 0.5) is 0 Å². The Morgan fingerprint density at radius 3 is 2.43 bits per heavy atom. The first-order chi connectivity index (χ1) is 10.2. The van der Waals surface area contributed by atoms with Crippen LogP contribution in [0, 0.1) is 17.8 Å². The Labute approximate surface area is 125 Å². The van der Waals surface area contributed by atoms with Crippen LogP contribution in [-0.2, 0) is 10.2 Å². The largest absolute Gasteiger partial charge is 0.385 e. The van der Waals surface area contributed by atoms with Crippen molar-refractivity contribution in [3.8, 4) is 0 Å². The molecule has 21 heavy (non-hydrogen) atoms. The lowest BCUT2D eigenvalue weighted by atomic mass is 9.49. The molecule has 4 aliphatic rings. The molecular formula is C16H25N3O2. The third kappa shape index (κ3) is 2.30. The van der Waals surface area contributed by atoms with E-state index in [1.165, 1.54) is 38.5 Å². The van der Waals surface area contributed by atoms with Crippen LogP contribution in [0.5, 0.6) is 0 Å². The number of rotatable bonds is 5. The molecule has 1 atom stereocenters. The summed E-state index contributed by atoms with van der Waals surface area (Å²) >= 11 is 0. The molecule has 4 aliphatic carbocycles. The van der Waals surface area contributed by atoms with Gasteiger partial charge in [-0.1, -0.05) is 5.16 Å². The number of nitrogens with two attached hydrogens (primary N) is 1. The van der Waals surface area contributed by atoms with E-state index in [0.29, 0.717) is 12.5 Å². The molecule has 1 unspecified atom stereocenters. The molecule has 5 rings (SSSR count). The van der Waals surface area contributed by atoms with E-state index >= 15 is 0 Å². The molecule has 2 N–H and O–H groups in total. The number of hydrogen-bond donors (Lipinski definition) is 1. The van der Waals surface area contributed by atoms with Gasteiger partial charge in [0.05, 0.1) is 6.04 Å². The van der Waals surface area contributed by atoms with Gasteiger partial charge >= 0.3 is 0 Å². The summed E-state index contributed by atoms with van der Waals surface area (Å²) < 4.78 is 10.5. The maximum atomic E-state index is 6.11. The first-order valence-electron chi connectivity index (χ1n) is 8.27. The highest BCUT2D eigenvalue weighted by atomic mass is 16.5. The molecule has 1 aromatic heterocycles. The van der Waals surface area contributed by atoms with E-state index < -0.39 is 0 Å². The van der Waals surface area contributed by atoms with Crippen molar-refractivity contribution in [1.29, 1.82) is 0 Å². The monoisotopic (exact) mass is 291 g/mol. The summed E-state index contributed by atoms with van der Waals surface area (Å²) in [4.78, 5) is 4.69. The molecule has 0 aliphatic heterocycles. The van der Waals surface area contributed by atoms with Gasteiger partial charge in [0, 0.05) is 19.1 Å². The summed E-state index contributed by atoms with van der Waals surface area (Å²) in [6, 6.07) is -0.208. The van der Waals surface area contributed by atoms with Crippen LogP contribution in [0.25, 0.3) is 0 Å². The molecule has 0 saturated heterocycles. The zero-order valence-corrected chi connectivity index (χ0v) is 12.8. The van der Waals surface area contributed by atoms with Gasteiger partial charge in [0.1, 0.15) is 0 Å². The standard InChI is InChI=1S/C16H25N3O2/c1-20-3-2-13(17)14-18-15(19-21-14)16-7-10-4-11(8-16)6-12(5-10)9-16/h10-13H,2-9,17H2,1H3. The van der Waals surface area contributed by atoms with Crippen LogP contribution in [0.2, 0.25) is 0 Å². The molecule has 4 saturated carbocycles. The first-order valence-corrected chi connectivity index (χ1v) is 8.27. The second-order valence-electron chi connectivity index (χ2n) is 7.54. The minimum absolute atomic E-state index is 0.192. The highest BCUT2D eigenvalue weighted by molar-refractivity contribution is 5.16. The predicted octanol–water partition coefficient (Wildman–Crippen LogP) is 2.57. The van der Waals surface area contributed by atoms with Gasteiger partial charge in [-0.3, -0.25) is 0 Å². The van der Waals surface area contributed by atoms with Gasteiger partial charge in [0.25, 0.3) is 0 Å². The van der Waals surface area contributed by atoms with Crippen LogP contribution in [0.1, 0.15) is 62.7 Å². The van der Waals surface area contributed by atoms with Gasteiger partial charge < -0.3 is 15.0 Å². The van der Waals surface area contributed by atoms with Gasteiger partial charge in [-0.25, -0.2) is 0 Å². The van der Waals surface area contributed by atoms with Gasteiger partial charge in [-0.2, -0.15) is 4.98 Å². The van der Waals surface area contributed by atoms with Crippen molar-refractivity contribution >= 4 is 0 Å². The first kappa shape index (κ1) is 13.7. The molecule has 4 bridgehead atoms. The Morgan fingerprint density at radius 1 is 1.24 bits per heavy atom. The van der Waals surface area contributed by atoms with E-state index in [-0.39, 0.29) is 11.5 Å². The molecule has 0 amide bonds. The fourth-order valence-corrected chi connectivity index (χ4v) is 5.35. The smallest absolute Gasteiger partial charge is 0.243 e. The fourth-order valence-electron chi connectivity index (χ4n) is 5.35. The van der Waals surface area contributed by atoms with Crippen LogP contribution in [-0.4, -0.2) is 23.9 Å². The van der Waals surface area contributed by atoms with E-state index in [9.17, 15) is 0 Å². The molecular weight excluding hydrogens is 266 g/mol. The van der Waals surface area contributed by atoms with Gasteiger partial charge in [-0.15, -0.1) is 0 Å². The Hall–Kier alpha value is -0.940. The van der Waals surface area contributed by atoms with Crippen molar-refractivity contribution in [2.75, 3.05) is 13.7 Å². The Balaban J connectivity index is 1.55. The van der Waals surface area contributed by atoms with Gasteiger partial charge in [0.15, 0.2) is 5.82 Å². The van der Waals surface area contributed by atoms with E-state index in [2.05, 4.69) is 5.16 Å². The Morgan fingerprint density at radius 2 is 1.86 bits per heavy atom. The van der Waals surface area contributed by atoms with Crippen LogP contribution >= 0.6 is 0 Å². The topological polar surface area (TPSA) is 74.2 Å². The number of aromatic nitrogens is 2. The zero-order chi connectivity index (χ0) is 14.4. The lowest BCUT2D eigenvalue weighted by Gasteiger charge is -2.55. The Kier molecular flexibility index (Phi) is 3.30. The van der Waals surface area contributed by atoms with Crippen molar-refractivity contribution < 1.29 is 9.26 Å². The minimum Gasteiger partial charge on any atom is -0.385 e.